The Labute approximate surface area is 120 Å². The van der Waals surface area contributed by atoms with Gasteiger partial charge in [-0.05, 0) is 28.1 Å². The van der Waals surface area contributed by atoms with Gasteiger partial charge in [0.1, 0.15) is 16.0 Å². The molecule has 0 aromatic heterocycles. The molecule has 1 fully saturated rings. The fraction of sp³-hybridized carbons (Fsp3) is 0.462. The molecule has 0 bridgehead atoms. The van der Waals surface area contributed by atoms with E-state index in [-0.39, 0.29) is 18.4 Å². The van der Waals surface area contributed by atoms with Gasteiger partial charge in [-0.2, -0.15) is 0 Å². The lowest BCUT2D eigenvalue weighted by Crippen LogP contribution is -2.51. The van der Waals surface area contributed by atoms with Gasteiger partial charge in [-0.1, -0.05) is 0 Å². The van der Waals surface area contributed by atoms with Gasteiger partial charge in [0.05, 0.1) is 14.2 Å². The summed E-state index contributed by atoms with van der Waals surface area (Å²) in [5.41, 5.74) is 0.522. The smallest absolute Gasteiger partial charge is 0.254 e. The molecule has 5 nitrogen and oxygen atoms in total. The molecule has 1 amide bonds. The fourth-order valence-electron chi connectivity index (χ4n) is 2.03. The van der Waals surface area contributed by atoms with Crippen molar-refractivity contribution in [3.63, 3.8) is 0 Å². The number of ether oxygens (including phenoxy) is 2. The average Bonchev–Trinajstić information content (AvgIpc) is 2.37. The molecule has 0 unspecified atom stereocenters. The molecule has 104 valence electrons. The summed E-state index contributed by atoms with van der Waals surface area (Å²) in [6.45, 7) is 1.31. The molecule has 1 heterocycles. The van der Waals surface area contributed by atoms with Crippen molar-refractivity contribution in [3.05, 3.63) is 22.2 Å². The van der Waals surface area contributed by atoms with Crippen LogP contribution in [0.3, 0.4) is 0 Å². The van der Waals surface area contributed by atoms with Gasteiger partial charge in [0.25, 0.3) is 5.91 Å². The van der Waals surface area contributed by atoms with Crippen molar-refractivity contribution >= 4 is 21.8 Å². The number of halogens is 1. The van der Waals surface area contributed by atoms with Gasteiger partial charge in [0, 0.05) is 31.2 Å². The Morgan fingerprint density at radius 1 is 1.37 bits per heavy atom. The summed E-state index contributed by atoms with van der Waals surface area (Å²) in [4.78, 5) is 14.0. The number of benzene rings is 1. The quantitative estimate of drug-likeness (QED) is 0.910. The molecule has 0 spiro atoms. The van der Waals surface area contributed by atoms with E-state index in [0.717, 1.165) is 0 Å². The second-order valence-electron chi connectivity index (χ2n) is 4.45. The van der Waals surface area contributed by atoms with Gasteiger partial charge < -0.3 is 19.5 Å². The maximum absolute atomic E-state index is 12.3. The first-order valence-electron chi connectivity index (χ1n) is 5.92. The van der Waals surface area contributed by atoms with Crippen LogP contribution in [0.25, 0.3) is 0 Å². The highest BCUT2D eigenvalue weighted by Crippen LogP contribution is 2.36. The predicted molar refractivity (Wildman–Crippen MR) is 73.7 cm³/mol. The van der Waals surface area contributed by atoms with E-state index >= 15 is 0 Å². The molecule has 0 saturated carbocycles. The number of hydrogen-bond acceptors (Lipinski definition) is 4. The summed E-state index contributed by atoms with van der Waals surface area (Å²) in [7, 11) is 3.08. The second kappa shape index (κ2) is 5.79. The number of hydrogen-bond donors (Lipinski definition) is 1. The van der Waals surface area contributed by atoms with Gasteiger partial charge in [0.15, 0.2) is 0 Å². The normalized spacial score (nSPS) is 15.1. The molecule has 1 saturated heterocycles. The van der Waals surface area contributed by atoms with Gasteiger partial charge in [-0.3, -0.25) is 4.79 Å². The summed E-state index contributed by atoms with van der Waals surface area (Å²) < 4.78 is 11.1. The van der Waals surface area contributed by atoms with Crippen molar-refractivity contribution < 1.29 is 19.4 Å². The first-order chi connectivity index (χ1) is 9.10. The van der Waals surface area contributed by atoms with Crippen LogP contribution >= 0.6 is 15.9 Å². The molecule has 1 aromatic rings. The van der Waals surface area contributed by atoms with E-state index in [1.807, 2.05) is 0 Å². The zero-order valence-electron chi connectivity index (χ0n) is 10.9. The van der Waals surface area contributed by atoms with E-state index < -0.39 is 0 Å². The van der Waals surface area contributed by atoms with Crippen LogP contribution in [-0.4, -0.2) is 49.8 Å². The third-order valence-electron chi connectivity index (χ3n) is 3.20. The van der Waals surface area contributed by atoms with Crippen LogP contribution in [0, 0.1) is 5.92 Å². The maximum atomic E-state index is 12.3. The molecule has 6 heteroatoms. The van der Waals surface area contributed by atoms with Crippen LogP contribution in [0.2, 0.25) is 0 Å². The van der Waals surface area contributed by atoms with Crippen molar-refractivity contribution in [1.29, 1.82) is 0 Å². The molecule has 19 heavy (non-hydrogen) atoms. The number of aliphatic hydroxyl groups is 1. The number of aliphatic hydroxyl groups excluding tert-OH is 1. The third kappa shape index (κ3) is 2.69. The minimum Gasteiger partial charge on any atom is -0.495 e. The van der Waals surface area contributed by atoms with Gasteiger partial charge in [-0.25, -0.2) is 0 Å². The molecular weight excluding hydrogens is 314 g/mol. The molecular formula is C13H16BrNO4. The number of methoxy groups -OCH3 is 2. The highest BCUT2D eigenvalue weighted by Gasteiger charge is 2.31. The van der Waals surface area contributed by atoms with E-state index in [0.29, 0.717) is 34.6 Å². The van der Waals surface area contributed by atoms with Crippen LogP contribution in [-0.2, 0) is 0 Å². The topological polar surface area (TPSA) is 59.0 Å². The van der Waals surface area contributed by atoms with Crippen molar-refractivity contribution in [2.24, 2.45) is 5.92 Å². The minimum absolute atomic E-state index is 0.0752. The van der Waals surface area contributed by atoms with E-state index in [2.05, 4.69) is 15.9 Å². The molecule has 0 radical (unpaired) electrons. The number of carbonyl (C=O) groups is 1. The third-order valence-corrected chi connectivity index (χ3v) is 3.98. The largest absolute Gasteiger partial charge is 0.495 e. The van der Waals surface area contributed by atoms with Gasteiger partial charge >= 0.3 is 0 Å². The lowest BCUT2D eigenvalue weighted by Gasteiger charge is -2.38. The summed E-state index contributed by atoms with van der Waals surface area (Å²) in [6, 6.07) is 3.36. The molecule has 1 aliphatic rings. The Morgan fingerprint density at radius 3 is 2.32 bits per heavy atom. The van der Waals surface area contributed by atoms with Crippen LogP contribution in [0.15, 0.2) is 16.6 Å². The van der Waals surface area contributed by atoms with Crippen LogP contribution in [0.1, 0.15) is 10.4 Å². The lowest BCUT2D eigenvalue weighted by molar-refractivity contribution is 0.0361. The number of nitrogens with zero attached hydrogens (tertiary/aromatic N) is 1. The monoisotopic (exact) mass is 329 g/mol. The molecule has 0 aliphatic carbocycles. The van der Waals surface area contributed by atoms with Crippen molar-refractivity contribution in [3.8, 4) is 11.5 Å². The SMILES string of the molecule is COc1cc(C(=O)N2CC(CO)C2)cc(OC)c1Br. The molecule has 0 atom stereocenters. The Hall–Kier alpha value is -1.27. The Morgan fingerprint density at radius 2 is 1.89 bits per heavy atom. The summed E-state index contributed by atoms with van der Waals surface area (Å²) >= 11 is 3.37. The Kier molecular flexibility index (Phi) is 4.31. The molecule has 1 N–H and O–H groups in total. The highest BCUT2D eigenvalue weighted by atomic mass is 79.9. The van der Waals surface area contributed by atoms with E-state index in [1.165, 1.54) is 0 Å². The van der Waals surface area contributed by atoms with E-state index in [1.54, 1.807) is 31.3 Å². The zero-order chi connectivity index (χ0) is 14.0. The Balaban J connectivity index is 2.22. The number of rotatable bonds is 4. The zero-order valence-corrected chi connectivity index (χ0v) is 12.4. The first kappa shape index (κ1) is 14.1. The van der Waals surface area contributed by atoms with E-state index in [4.69, 9.17) is 14.6 Å². The predicted octanol–water partition coefficient (Wildman–Crippen LogP) is 1.53. The summed E-state index contributed by atoms with van der Waals surface area (Å²) in [5, 5.41) is 8.97. The number of carbonyl (C=O) groups excluding carboxylic acids is 1. The molecule has 1 aliphatic heterocycles. The highest BCUT2D eigenvalue weighted by molar-refractivity contribution is 9.10. The minimum atomic E-state index is -0.0752. The van der Waals surface area contributed by atoms with E-state index in [9.17, 15) is 4.79 Å². The van der Waals surface area contributed by atoms with Crippen LogP contribution < -0.4 is 9.47 Å². The number of likely N-dealkylation sites (tertiary alicyclic amines) is 1. The second-order valence-corrected chi connectivity index (χ2v) is 5.25. The standard InChI is InChI=1S/C13H16BrNO4/c1-18-10-3-9(4-11(19-2)12(10)14)13(17)15-5-8(6-15)7-16/h3-4,8,16H,5-7H2,1-2H3. The lowest BCUT2D eigenvalue weighted by atomic mass is 10.00. The van der Waals surface area contributed by atoms with Crippen molar-refractivity contribution in [1.82, 2.24) is 4.90 Å². The molecule has 2 rings (SSSR count). The van der Waals surface area contributed by atoms with Crippen molar-refractivity contribution in [2.75, 3.05) is 33.9 Å². The average molecular weight is 330 g/mol. The van der Waals surface area contributed by atoms with Crippen LogP contribution in [0.5, 0.6) is 11.5 Å². The Bertz CT molecular complexity index is 461. The summed E-state index contributed by atoms with van der Waals surface area (Å²) in [5.74, 6) is 1.24. The summed E-state index contributed by atoms with van der Waals surface area (Å²) in [6.07, 6.45) is 0. The van der Waals surface area contributed by atoms with Crippen molar-refractivity contribution in [2.45, 2.75) is 0 Å². The van der Waals surface area contributed by atoms with Crippen LogP contribution in [0.4, 0.5) is 0 Å². The molecule has 1 aromatic carbocycles. The first-order valence-corrected chi connectivity index (χ1v) is 6.71. The van der Waals surface area contributed by atoms with Gasteiger partial charge in [-0.15, -0.1) is 0 Å². The maximum Gasteiger partial charge on any atom is 0.254 e. The fourth-order valence-corrected chi connectivity index (χ4v) is 2.58. The number of amides is 1. The van der Waals surface area contributed by atoms with Gasteiger partial charge in [0.2, 0.25) is 0 Å².